The Balaban J connectivity index is 1.57. The van der Waals surface area contributed by atoms with Crippen LogP contribution in [0.4, 0.5) is 0 Å². The number of carboxylic acid groups (broad SMARTS) is 2. The number of hydrogen-bond acceptors (Lipinski definition) is 21. The number of ether oxygens (including phenoxy) is 7. The highest BCUT2D eigenvalue weighted by Gasteiger charge is 2.57. The van der Waals surface area contributed by atoms with Gasteiger partial charge in [-0.2, -0.15) is 0 Å². The molecule has 0 radical (unpaired) electrons. The normalized spacial score (nSPS) is 46.3. The predicted molar refractivity (Wildman–Crippen MR) is 158 cm³/mol. The van der Waals surface area contributed by atoms with Crippen molar-refractivity contribution in [3.8, 4) is 0 Å². The Morgan fingerprint density at radius 2 is 0.943 bits per heavy atom. The van der Waals surface area contributed by atoms with Gasteiger partial charge in [-0.15, -0.1) is 0 Å². The quantitative estimate of drug-likeness (QED) is 0.0875. The van der Waals surface area contributed by atoms with Crippen molar-refractivity contribution >= 4 is 23.8 Å². The van der Waals surface area contributed by atoms with E-state index in [0.29, 0.717) is 0 Å². The van der Waals surface area contributed by atoms with Gasteiger partial charge in [0, 0.05) is 13.8 Å². The molecule has 0 spiro atoms. The van der Waals surface area contributed by atoms with Crippen molar-refractivity contribution in [3.05, 3.63) is 0 Å². The van der Waals surface area contributed by atoms with Gasteiger partial charge < -0.3 is 105 Å². The van der Waals surface area contributed by atoms with E-state index in [4.69, 9.17) is 33.2 Å². The number of carbonyl (C=O) groups excluding carboxylic acids is 2. The molecule has 0 aromatic heterocycles. The highest BCUT2D eigenvalue weighted by molar-refractivity contribution is 5.74. The first-order valence-corrected chi connectivity index (χ1v) is 16.1. The summed E-state index contributed by atoms with van der Waals surface area (Å²) >= 11 is 0. The van der Waals surface area contributed by atoms with E-state index < -0.39 is 160 Å². The predicted octanol–water partition coefficient (Wildman–Crippen LogP) is -9.28. The van der Waals surface area contributed by atoms with Crippen molar-refractivity contribution in [3.63, 3.8) is 0 Å². The summed E-state index contributed by atoms with van der Waals surface area (Å²) in [7, 11) is 0. The van der Waals surface area contributed by atoms with Crippen LogP contribution >= 0.6 is 0 Å². The summed E-state index contributed by atoms with van der Waals surface area (Å²) in [5, 5.41) is 128. The van der Waals surface area contributed by atoms with E-state index in [1.54, 1.807) is 0 Å². The van der Waals surface area contributed by atoms with Crippen molar-refractivity contribution in [2.75, 3.05) is 13.2 Å². The Bertz CT molecular complexity index is 1300. The van der Waals surface area contributed by atoms with Gasteiger partial charge >= 0.3 is 11.9 Å². The maximum absolute atomic E-state index is 12.4. The van der Waals surface area contributed by atoms with Crippen LogP contribution in [0.15, 0.2) is 0 Å². The molecule has 4 fully saturated rings. The Hall–Kier alpha value is -2.80. The maximum atomic E-state index is 12.4. The molecule has 0 bridgehead atoms. The summed E-state index contributed by atoms with van der Waals surface area (Å²) in [6.07, 6.45) is -36.1. The minimum absolute atomic E-state index is 0.761. The molecule has 304 valence electrons. The van der Waals surface area contributed by atoms with Gasteiger partial charge in [0.25, 0.3) is 0 Å². The molecule has 0 aliphatic carbocycles. The van der Waals surface area contributed by atoms with Gasteiger partial charge in [0.2, 0.25) is 11.8 Å². The molecule has 2 amide bonds. The van der Waals surface area contributed by atoms with E-state index >= 15 is 0 Å². The van der Waals surface area contributed by atoms with Gasteiger partial charge in [-0.3, -0.25) is 9.59 Å². The Labute approximate surface area is 298 Å². The number of amides is 2. The summed E-state index contributed by atoms with van der Waals surface area (Å²) < 4.78 is 38.0. The Morgan fingerprint density at radius 3 is 1.42 bits per heavy atom. The molecular weight excluding hydrogens is 732 g/mol. The van der Waals surface area contributed by atoms with Gasteiger partial charge in [0.15, 0.2) is 37.4 Å². The summed E-state index contributed by atoms with van der Waals surface area (Å²) in [5.41, 5.74) is 0. The molecule has 0 aromatic rings. The van der Waals surface area contributed by atoms with E-state index in [1.165, 1.54) is 0 Å². The molecule has 25 heteroatoms. The van der Waals surface area contributed by atoms with E-state index in [0.717, 1.165) is 13.8 Å². The van der Waals surface area contributed by atoms with Crippen LogP contribution in [0.3, 0.4) is 0 Å². The highest BCUT2D eigenvalue weighted by atomic mass is 16.8. The third kappa shape index (κ3) is 9.19. The molecule has 4 heterocycles. The molecule has 8 unspecified atom stereocenters. The lowest BCUT2D eigenvalue weighted by Crippen LogP contribution is -2.70. The zero-order valence-electron chi connectivity index (χ0n) is 27.8. The average Bonchev–Trinajstić information content (AvgIpc) is 3.09. The van der Waals surface area contributed by atoms with E-state index in [9.17, 15) is 80.5 Å². The fourth-order valence-electron chi connectivity index (χ4n) is 6.29. The first kappa shape index (κ1) is 42.9. The van der Waals surface area contributed by atoms with Crippen LogP contribution in [0.5, 0.6) is 0 Å². The first-order chi connectivity index (χ1) is 24.8. The summed E-state index contributed by atoms with van der Waals surface area (Å²) in [6.45, 7) is 0.0834. The SMILES string of the molecule is CC(=O)NC1[C@@H](O[C@@H]2C(C(=O)O)O[C@@H](O[C@@H]3C(CO)O[C@H](O[C@@H]4C(C(=O)O)O[C@@H](O)[C@@H](O)C4O)C(NC(C)=O)[C@H]3O)[C@@H](O)C2O)OC(CO)[C@@H](O)[C@@H]1O. The van der Waals surface area contributed by atoms with Gasteiger partial charge in [-0.1, -0.05) is 0 Å². The summed E-state index contributed by atoms with van der Waals surface area (Å²) in [5.74, 6) is -5.22. The third-order valence-corrected chi connectivity index (χ3v) is 8.94. The first-order valence-electron chi connectivity index (χ1n) is 16.1. The number of nitrogens with one attached hydrogen (secondary N) is 2. The van der Waals surface area contributed by atoms with Crippen LogP contribution in [0.2, 0.25) is 0 Å². The minimum Gasteiger partial charge on any atom is -0.479 e. The van der Waals surface area contributed by atoms with Crippen molar-refractivity contribution in [2.45, 2.75) is 137 Å². The monoisotopic (exact) mass is 776 g/mol. The standard InChI is InChI=1S/C28H44N2O23/c1-5(33)29-9-12(36)11(35)7(3-31)47-26(9)52-20-15(39)17(41)28(53-22(20)24(44)45)50-18-8(4-32)48-27(10(13(18)37)30-6(2)34)51-19-14(38)16(40)25(46)49-21(19)23(42)43/h7-22,25-28,31-32,35-41,46H,3-4H2,1-2H3,(H,29,33)(H,30,34)(H,42,43)(H,44,45)/t7?,8?,9?,10?,11-,12-,13-,14?,15?,16+,17+,18-,19+,20+,21?,22?,25-,26-,27-,28-/m1/s1. The lowest BCUT2D eigenvalue weighted by molar-refractivity contribution is -0.370. The van der Waals surface area contributed by atoms with E-state index in [-0.39, 0.29) is 0 Å². The fraction of sp³-hybridized carbons (Fsp3) is 0.857. The van der Waals surface area contributed by atoms with E-state index in [2.05, 4.69) is 10.6 Å². The average molecular weight is 777 g/mol. The second-order valence-corrected chi connectivity index (χ2v) is 12.7. The van der Waals surface area contributed by atoms with Gasteiger partial charge in [-0.25, -0.2) is 9.59 Å². The molecule has 0 saturated carbocycles. The lowest BCUT2D eigenvalue weighted by Gasteiger charge is -2.49. The topological polar surface area (TPSA) is 400 Å². The smallest absolute Gasteiger partial charge is 0.335 e. The molecule has 4 aliphatic heterocycles. The van der Waals surface area contributed by atoms with Crippen molar-refractivity contribution in [1.82, 2.24) is 10.6 Å². The van der Waals surface area contributed by atoms with Crippen LogP contribution in [0, 0.1) is 0 Å². The number of aliphatic hydroxyl groups is 10. The number of aliphatic carboxylic acids is 2. The van der Waals surface area contributed by atoms with E-state index in [1.807, 2.05) is 0 Å². The molecular formula is C28H44N2O23. The molecule has 4 aliphatic rings. The third-order valence-electron chi connectivity index (χ3n) is 8.94. The van der Waals surface area contributed by atoms with Crippen molar-refractivity contribution in [2.24, 2.45) is 0 Å². The van der Waals surface area contributed by atoms with Crippen LogP contribution in [0.1, 0.15) is 13.8 Å². The number of aliphatic hydroxyl groups excluding tert-OH is 10. The van der Waals surface area contributed by atoms with Gasteiger partial charge in [0.1, 0.15) is 85.3 Å². The number of hydrogen-bond donors (Lipinski definition) is 14. The van der Waals surface area contributed by atoms with Gasteiger partial charge in [-0.05, 0) is 0 Å². The summed E-state index contributed by atoms with van der Waals surface area (Å²) in [4.78, 5) is 48.1. The molecule has 0 aromatic carbocycles. The molecule has 53 heavy (non-hydrogen) atoms. The van der Waals surface area contributed by atoms with Gasteiger partial charge in [0.05, 0.1) is 13.2 Å². The van der Waals surface area contributed by atoms with Crippen LogP contribution in [0.25, 0.3) is 0 Å². The zero-order valence-corrected chi connectivity index (χ0v) is 27.8. The lowest BCUT2D eigenvalue weighted by atomic mass is 9.94. The Morgan fingerprint density at radius 1 is 0.509 bits per heavy atom. The summed E-state index contributed by atoms with van der Waals surface area (Å²) in [6, 6.07) is -3.36. The van der Waals surface area contributed by atoms with Crippen molar-refractivity contribution in [1.29, 1.82) is 0 Å². The molecule has 14 N–H and O–H groups in total. The number of rotatable bonds is 12. The largest absolute Gasteiger partial charge is 0.479 e. The highest BCUT2D eigenvalue weighted by Crippen LogP contribution is 2.34. The zero-order chi connectivity index (χ0) is 39.6. The van der Waals surface area contributed by atoms with Crippen LogP contribution < -0.4 is 10.6 Å². The minimum atomic E-state index is -2.26. The molecule has 4 rings (SSSR count). The molecule has 4 saturated heterocycles. The fourth-order valence-corrected chi connectivity index (χ4v) is 6.29. The number of carboxylic acids is 2. The van der Waals surface area contributed by atoms with Crippen molar-refractivity contribution < 1.29 is 114 Å². The number of carbonyl (C=O) groups is 4. The maximum Gasteiger partial charge on any atom is 0.335 e. The second-order valence-electron chi connectivity index (χ2n) is 12.7. The molecule has 25 nitrogen and oxygen atoms in total. The molecule has 20 atom stereocenters. The second kappa shape index (κ2) is 17.8. The van der Waals surface area contributed by atoms with Crippen LogP contribution in [-0.2, 0) is 52.3 Å². The van der Waals surface area contributed by atoms with Crippen LogP contribution in [-0.4, -0.2) is 221 Å². The Kier molecular flexibility index (Phi) is 14.4.